The molecule has 0 rings (SSSR count). The summed E-state index contributed by atoms with van der Waals surface area (Å²) in [5.41, 5.74) is 10.5. The Balaban J connectivity index is 4.38. The highest BCUT2D eigenvalue weighted by Crippen LogP contribution is 2.07. The Morgan fingerprint density at radius 3 is 2.14 bits per heavy atom. The van der Waals surface area contributed by atoms with Crippen LogP contribution in [0.1, 0.15) is 27.2 Å². The maximum Gasteiger partial charge on any atom is 0.240 e. The lowest BCUT2D eigenvalue weighted by Gasteiger charge is -2.21. The highest BCUT2D eigenvalue weighted by molar-refractivity contribution is 5.88. The number of carbonyl (C=O) groups is 2. The van der Waals surface area contributed by atoms with Gasteiger partial charge in [0.2, 0.25) is 11.8 Å². The molecule has 0 bridgehead atoms. The van der Waals surface area contributed by atoms with Gasteiger partial charge in [-0.1, -0.05) is 20.3 Å². The summed E-state index contributed by atoms with van der Waals surface area (Å²) in [5, 5.41) is 2.53. The molecule has 0 saturated heterocycles. The first-order valence-electron chi connectivity index (χ1n) is 4.75. The van der Waals surface area contributed by atoms with Crippen LogP contribution in [0.2, 0.25) is 0 Å². The quantitative estimate of drug-likeness (QED) is 0.551. The van der Waals surface area contributed by atoms with E-state index < -0.39 is 18.0 Å². The average Bonchev–Trinajstić information content (AvgIpc) is 2.11. The van der Waals surface area contributed by atoms with E-state index in [-0.39, 0.29) is 11.8 Å². The van der Waals surface area contributed by atoms with E-state index >= 15 is 0 Å². The molecule has 0 aliphatic rings. The SMILES string of the molecule is CC[C@H](C)[C@@H](NC(=O)[C@H](C)N)C(N)=O. The molecule has 0 spiro atoms. The highest BCUT2D eigenvalue weighted by Gasteiger charge is 2.24. The summed E-state index contributed by atoms with van der Waals surface area (Å²) in [4.78, 5) is 22.3. The fourth-order valence-electron chi connectivity index (χ4n) is 1.01. The minimum Gasteiger partial charge on any atom is -0.368 e. The number of hydrogen-bond acceptors (Lipinski definition) is 3. The fraction of sp³-hybridized carbons (Fsp3) is 0.778. The number of hydrogen-bond donors (Lipinski definition) is 3. The van der Waals surface area contributed by atoms with Gasteiger partial charge in [-0.05, 0) is 12.8 Å². The first-order valence-corrected chi connectivity index (χ1v) is 4.75. The lowest BCUT2D eigenvalue weighted by atomic mass is 9.98. The largest absolute Gasteiger partial charge is 0.368 e. The third kappa shape index (κ3) is 3.74. The van der Waals surface area contributed by atoms with Gasteiger partial charge in [-0.25, -0.2) is 0 Å². The summed E-state index contributed by atoms with van der Waals surface area (Å²) in [6.07, 6.45) is 0.771. The number of carbonyl (C=O) groups excluding carboxylic acids is 2. The van der Waals surface area contributed by atoms with Crippen molar-refractivity contribution in [3.8, 4) is 0 Å². The third-order valence-electron chi connectivity index (χ3n) is 2.23. The molecule has 5 nitrogen and oxygen atoms in total. The first-order chi connectivity index (χ1) is 6.40. The van der Waals surface area contributed by atoms with Gasteiger partial charge < -0.3 is 16.8 Å². The molecule has 0 aromatic heterocycles. The zero-order valence-electron chi connectivity index (χ0n) is 8.91. The van der Waals surface area contributed by atoms with Crippen LogP contribution in [0.5, 0.6) is 0 Å². The minimum atomic E-state index is -0.626. The number of primary amides is 1. The van der Waals surface area contributed by atoms with Crippen molar-refractivity contribution in [2.45, 2.75) is 39.3 Å². The van der Waals surface area contributed by atoms with E-state index in [4.69, 9.17) is 11.5 Å². The van der Waals surface area contributed by atoms with Crippen molar-refractivity contribution >= 4 is 11.8 Å². The summed E-state index contributed by atoms with van der Waals surface area (Å²) in [6, 6.07) is -1.25. The van der Waals surface area contributed by atoms with Crippen molar-refractivity contribution in [1.29, 1.82) is 0 Å². The molecule has 0 aromatic carbocycles. The zero-order chi connectivity index (χ0) is 11.3. The molecule has 0 saturated carbocycles. The Kier molecular flexibility index (Phi) is 5.15. The molecule has 0 fully saturated rings. The molecule has 0 radical (unpaired) electrons. The second kappa shape index (κ2) is 5.59. The van der Waals surface area contributed by atoms with E-state index in [0.29, 0.717) is 0 Å². The molecule has 0 aliphatic carbocycles. The summed E-state index contributed by atoms with van der Waals surface area (Å²) < 4.78 is 0. The normalized spacial score (nSPS) is 16.9. The predicted molar refractivity (Wildman–Crippen MR) is 54.2 cm³/mol. The minimum absolute atomic E-state index is 0.0233. The van der Waals surface area contributed by atoms with E-state index in [9.17, 15) is 9.59 Å². The van der Waals surface area contributed by atoms with Crippen molar-refractivity contribution < 1.29 is 9.59 Å². The van der Waals surface area contributed by atoms with E-state index in [1.807, 2.05) is 13.8 Å². The van der Waals surface area contributed by atoms with Crippen LogP contribution in [0, 0.1) is 5.92 Å². The second-order valence-electron chi connectivity index (χ2n) is 3.56. The van der Waals surface area contributed by atoms with Gasteiger partial charge >= 0.3 is 0 Å². The van der Waals surface area contributed by atoms with Crippen LogP contribution >= 0.6 is 0 Å². The van der Waals surface area contributed by atoms with Gasteiger partial charge in [-0.2, -0.15) is 0 Å². The second-order valence-corrected chi connectivity index (χ2v) is 3.56. The Labute approximate surface area is 84.2 Å². The topological polar surface area (TPSA) is 98.2 Å². The van der Waals surface area contributed by atoms with Gasteiger partial charge in [-0.3, -0.25) is 9.59 Å². The lowest BCUT2D eigenvalue weighted by molar-refractivity contribution is -0.129. The van der Waals surface area contributed by atoms with Gasteiger partial charge in [0.05, 0.1) is 6.04 Å². The van der Waals surface area contributed by atoms with Gasteiger partial charge in [0.1, 0.15) is 6.04 Å². The number of nitrogens with two attached hydrogens (primary N) is 2. The smallest absolute Gasteiger partial charge is 0.240 e. The monoisotopic (exact) mass is 201 g/mol. The molecule has 14 heavy (non-hydrogen) atoms. The predicted octanol–water partition coefficient (Wildman–Crippen LogP) is -0.650. The van der Waals surface area contributed by atoms with Crippen LogP contribution in [-0.2, 0) is 9.59 Å². The number of amides is 2. The third-order valence-corrected chi connectivity index (χ3v) is 2.23. The van der Waals surface area contributed by atoms with Crippen LogP contribution in [0.3, 0.4) is 0 Å². The maximum absolute atomic E-state index is 11.2. The van der Waals surface area contributed by atoms with Crippen LogP contribution in [0.4, 0.5) is 0 Å². The van der Waals surface area contributed by atoms with E-state index in [1.165, 1.54) is 0 Å². The molecule has 82 valence electrons. The lowest BCUT2D eigenvalue weighted by Crippen LogP contribution is -2.52. The first kappa shape index (κ1) is 12.9. The standard InChI is InChI=1S/C9H19N3O2/c1-4-5(2)7(8(11)13)12-9(14)6(3)10/h5-7H,4,10H2,1-3H3,(H2,11,13)(H,12,14)/t5-,6-,7+/m0/s1. The summed E-state index contributed by atoms with van der Waals surface area (Å²) >= 11 is 0. The fourth-order valence-corrected chi connectivity index (χ4v) is 1.01. The van der Waals surface area contributed by atoms with Crippen LogP contribution < -0.4 is 16.8 Å². The van der Waals surface area contributed by atoms with Gasteiger partial charge in [0.25, 0.3) is 0 Å². The van der Waals surface area contributed by atoms with Crippen LogP contribution in [0.25, 0.3) is 0 Å². The van der Waals surface area contributed by atoms with E-state index in [1.54, 1.807) is 6.92 Å². The highest BCUT2D eigenvalue weighted by atomic mass is 16.2. The zero-order valence-corrected chi connectivity index (χ0v) is 8.91. The van der Waals surface area contributed by atoms with Crippen molar-refractivity contribution in [3.05, 3.63) is 0 Å². The molecule has 0 heterocycles. The molecular weight excluding hydrogens is 182 g/mol. The molecule has 3 atom stereocenters. The maximum atomic E-state index is 11.2. The molecule has 5 N–H and O–H groups in total. The van der Waals surface area contributed by atoms with E-state index in [0.717, 1.165) is 6.42 Å². The molecular formula is C9H19N3O2. The Bertz CT molecular complexity index is 216. The van der Waals surface area contributed by atoms with Crippen molar-refractivity contribution in [2.24, 2.45) is 17.4 Å². The molecule has 2 amide bonds. The van der Waals surface area contributed by atoms with Crippen LogP contribution in [-0.4, -0.2) is 23.9 Å². The van der Waals surface area contributed by atoms with E-state index in [2.05, 4.69) is 5.32 Å². The van der Waals surface area contributed by atoms with Crippen LogP contribution in [0.15, 0.2) is 0 Å². The van der Waals surface area contributed by atoms with Crippen molar-refractivity contribution in [3.63, 3.8) is 0 Å². The summed E-state index contributed by atoms with van der Waals surface area (Å²) in [5.74, 6) is -0.849. The van der Waals surface area contributed by atoms with Gasteiger partial charge in [0, 0.05) is 0 Å². The Morgan fingerprint density at radius 1 is 1.36 bits per heavy atom. The summed E-state index contributed by atoms with van der Waals surface area (Å²) in [6.45, 7) is 5.35. The molecule has 5 heteroatoms. The molecule has 0 unspecified atom stereocenters. The van der Waals surface area contributed by atoms with Crippen molar-refractivity contribution in [1.82, 2.24) is 5.32 Å². The summed E-state index contributed by atoms with van der Waals surface area (Å²) in [7, 11) is 0. The molecule has 0 aromatic rings. The Morgan fingerprint density at radius 2 is 1.86 bits per heavy atom. The van der Waals surface area contributed by atoms with Gasteiger partial charge in [0.15, 0.2) is 0 Å². The number of nitrogens with one attached hydrogen (secondary N) is 1. The van der Waals surface area contributed by atoms with Crippen molar-refractivity contribution in [2.75, 3.05) is 0 Å². The average molecular weight is 201 g/mol. The molecule has 0 aliphatic heterocycles. The van der Waals surface area contributed by atoms with Gasteiger partial charge in [-0.15, -0.1) is 0 Å². The Hall–Kier alpha value is -1.10. The number of rotatable bonds is 5.